The van der Waals surface area contributed by atoms with Crippen molar-refractivity contribution in [1.29, 1.82) is 0 Å². The average molecular weight is 337 g/mol. The topological polar surface area (TPSA) is 47.1 Å². The molecule has 0 atom stereocenters. The van der Waals surface area contributed by atoms with Gasteiger partial charge in [0.15, 0.2) is 0 Å². The Morgan fingerprint density at radius 1 is 1.40 bits per heavy atom. The Morgan fingerprint density at radius 3 is 2.80 bits per heavy atom. The highest BCUT2D eigenvalue weighted by Gasteiger charge is 2.16. The molecule has 1 aromatic carbocycles. The molecule has 0 amide bonds. The van der Waals surface area contributed by atoms with Crippen LogP contribution >= 0.6 is 15.9 Å². The van der Waals surface area contributed by atoms with Crippen LogP contribution in [-0.4, -0.2) is 16.8 Å². The fraction of sp³-hybridized carbons (Fsp3) is 0.400. The second-order valence-electron chi connectivity index (χ2n) is 5.04. The summed E-state index contributed by atoms with van der Waals surface area (Å²) in [4.78, 5) is 2.14. The Labute approximate surface area is 128 Å². The van der Waals surface area contributed by atoms with Crippen molar-refractivity contribution in [3.05, 3.63) is 40.0 Å². The van der Waals surface area contributed by atoms with Crippen molar-refractivity contribution < 1.29 is 0 Å². The van der Waals surface area contributed by atoms with Gasteiger partial charge in [-0.15, -0.1) is 0 Å². The Kier molecular flexibility index (Phi) is 4.70. The molecule has 2 N–H and O–H groups in total. The number of hydrogen-bond donors (Lipinski definition) is 1. The van der Waals surface area contributed by atoms with Gasteiger partial charge in [0.25, 0.3) is 0 Å². The van der Waals surface area contributed by atoms with Crippen LogP contribution in [0.15, 0.2) is 28.7 Å². The van der Waals surface area contributed by atoms with E-state index in [-0.39, 0.29) is 0 Å². The van der Waals surface area contributed by atoms with Crippen LogP contribution in [0.3, 0.4) is 0 Å². The third kappa shape index (κ3) is 3.15. The molecule has 2 aromatic rings. The molecule has 20 heavy (non-hydrogen) atoms. The Balaban J connectivity index is 2.23. The molecular weight excluding hydrogens is 316 g/mol. The maximum absolute atomic E-state index is 6.24. The standard InChI is InChI=1S/C15H21BrN4/c1-4-6-13-14(17)15(20(3)18-13)19(2)10-11-7-5-8-12(16)9-11/h5,7-9H,4,6,10,17H2,1-3H3. The highest BCUT2D eigenvalue weighted by molar-refractivity contribution is 9.10. The van der Waals surface area contributed by atoms with Crippen LogP contribution in [0.1, 0.15) is 24.6 Å². The zero-order chi connectivity index (χ0) is 14.7. The Bertz CT molecular complexity index is 592. The van der Waals surface area contributed by atoms with Crippen LogP contribution in [0.5, 0.6) is 0 Å². The van der Waals surface area contributed by atoms with E-state index in [2.05, 4.69) is 45.0 Å². The number of benzene rings is 1. The maximum Gasteiger partial charge on any atom is 0.150 e. The predicted octanol–water partition coefficient (Wildman–Crippen LogP) is 3.35. The summed E-state index contributed by atoms with van der Waals surface area (Å²) in [5, 5.41) is 4.52. The summed E-state index contributed by atoms with van der Waals surface area (Å²) < 4.78 is 2.96. The van der Waals surface area contributed by atoms with E-state index in [9.17, 15) is 0 Å². The van der Waals surface area contributed by atoms with Gasteiger partial charge < -0.3 is 10.6 Å². The van der Waals surface area contributed by atoms with Gasteiger partial charge in [-0.2, -0.15) is 5.10 Å². The van der Waals surface area contributed by atoms with E-state index in [1.807, 2.05) is 30.9 Å². The lowest BCUT2D eigenvalue weighted by molar-refractivity contribution is 0.712. The smallest absolute Gasteiger partial charge is 0.150 e. The quantitative estimate of drug-likeness (QED) is 0.910. The van der Waals surface area contributed by atoms with Crippen molar-refractivity contribution >= 4 is 27.4 Å². The fourth-order valence-corrected chi connectivity index (χ4v) is 2.89. The first-order valence-electron chi connectivity index (χ1n) is 6.79. The van der Waals surface area contributed by atoms with Gasteiger partial charge in [-0.05, 0) is 24.1 Å². The summed E-state index contributed by atoms with van der Waals surface area (Å²) in [5.41, 5.74) is 9.27. The third-order valence-electron chi connectivity index (χ3n) is 3.29. The second kappa shape index (κ2) is 6.31. The van der Waals surface area contributed by atoms with Crippen LogP contribution in [0, 0.1) is 0 Å². The lowest BCUT2D eigenvalue weighted by Gasteiger charge is -2.20. The van der Waals surface area contributed by atoms with E-state index in [0.29, 0.717) is 0 Å². The van der Waals surface area contributed by atoms with Crippen LogP contribution in [-0.2, 0) is 20.0 Å². The van der Waals surface area contributed by atoms with Gasteiger partial charge in [-0.25, -0.2) is 0 Å². The molecule has 0 bridgehead atoms. The first-order valence-corrected chi connectivity index (χ1v) is 7.59. The molecule has 0 aliphatic rings. The summed E-state index contributed by atoms with van der Waals surface area (Å²) in [5.74, 6) is 0.980. The van der Waals surface area contributed by atoms with Gasteiger partial charge >= 0.3 is 0 Å². The van der Waals surface area contributed by atoms with Crippen LogP contribution in [0.2, 0.25) is 0 Å². The number of nitrogen functional groups attached to an aromatic ring is 1. The van der Waals surface area contributed by atoms with Gasteiger partial charge in [0.05, 0.1) is 11.4 Å². The highest BCUT2D eigenvalue weighted by atomic mass is 79.9. The molecular formula is C15H21BrN4. The lowest BCUT2D eigenvalue weighted by Crippen LogP contribution is -2.20. The van der Waals surface area contributed by atoms with Crippen molar-refractivity contribution in [3.8, 4) is 0 Å². The van der Waals surface area contributed by atoms with Crippen molar-refractivity contribution in [2.24, 2.45) is 7.05 Å². The van der Waals surface area contributed by atoms with Crippen molar-refractivity contribution in [3.63, 3.8) is 0 Å². The largest absolute Gasteiger partial charge is 0.394 e. The molecule has 0 saturated carbocycles. The molecule has 0 spiro atoms. The number of nitrogens with zero attached hydrogens (tertiary/aromatic N) is 3. The number of rotatable bonds is 5. The molecule has 0 radical (unpaired) electrons. The SMILES string of the molecule is CCCc1nn(C)c(N(C)Cc2cccc(Br)c2)c1N. The fourth-order valence-electron chi connectivity index (χ4n) is 2.44. The van der Waals surface area contributed by atoms with Crippen molar-refractivity contribution in [2.45, 2.75) is 26.3 Å². The summed E-state index contributed by atoms with van der Waals surface area (Å²) in [6, 6.07) is 8.31. The lowest BCUT2D eigenvalue weighted by atomic mass is 10.2. The van der Waals surface area contributed by atoms with E-state index in [4.69, 9.17) is 5.73 Å². The van der Waals surface area contributed by atoms with E-state index < -0.39 is 0 Å². The summed E-state index contributed by atoms with van der Waals surface area (Å²) in [6.07, 6.45) is 1.97. The van der Waals surface area contributed by atoms with Gasteiger partial charge in [-0.1, -0.05) is 41.4 Å². The number of halogens is 1. The minimum Gasteiger partial charge on any atom is -0.394 e. The van der Waals surface area contributed by atoms with Gasteiger partial charge in [-0.3, -0.25) is 4.68 Å². The molecule has 1 aromatic heterocycles. The number of aryl methyl sites for hydroxylation is 2. The van der Waals surface area contributed by atoms with E-state index in [1.54, 1.807) is 0 Å². The first kappa shape index (κ1) is 14.9. The van der Waals surface area contributed by atoms with E-state index in [0.717, 1.165) is 41.1 Å². The Hall–Kier alpha value is -1.49. The first-order chi connectivity index (χ1) is 9.52. The minimum absolute atomic E-state index is 0.798. The average Bonchev–Trinajstić information content (AvgIpc) is 2.65. The zero-order valence-corrected chi connectivity index (χ0v) is 13.8. The molecule has 0 unspecified atom stereocenters. The number of hydrogen-bond acceptors (Lipinski definition) is 3. The number of nitrogens with two attached hydrogens (primary N) is 1. The van der Waals surface area contributed by atoms with Gasteiger partial charge in [0, 0.05) is 25.1 Å². The minimum atomic E-state index is 0.798. The molecule has 0 aliphatic carbocycles. The number of anilines is 2. The van der Waals surface area contributed by atoms with E-state index >= 15 is 0 Å². The third-order valence-corrected chi connectivity index (χ3v) is 3.78. The summed E-state index contributed by atoms with van der Waals surface area (Å²) >= 11 is 3.50. The van der Waals surface area contributed by atoms with Gasteiger partial charge in [0.2, 0.25) is 0 Å². The second-order valence-corrected chi connectivity index (χ2v) is 5.96. The molecule has 1 heterocycles. The number of aromatic nitrogens is 2. The van der Waals surface area contributed by atoms with Crippen LogP contribution < -0.4 is 10.6 Å². The molecule has 108 valence electrons. The molecule has 5 heteroatoms. The van der Waals surface area contributed by atoms with E-state index in [1.165, 1.54) is 5.56 Å². The van der Waals surface area contributed by atoms with Crippen LogP contribution in [0.4, 0.5) is 11.5 Å². The molecule has 0 fully saturated rings. The monoisotopic (exact) mass is 336 g/mol. The normalized spacial score (nSPS) is 10.8. The summed E-state index contributed by atoms with van der Waals surface area (Å²) in [6.45, 7) is 2.94. The molecule has 0 aliphatic heterocycles. The van der Waals surface area contributed by atoms with Gasteiger partial charge in [0.1, 0.15) is 5.82 Å². The molecule has 4 nitrogen and oxygen atoms in total. The van der Waals surface area contributed by atoms with Crippen molar-refractivity contribution in [1.82, 2.24) is 9.78 Å². The van der Waals surface area contributed by atoms with Crippen LogP contribution in [0.25, 0.3) is 0 Å². The summed E-state index contributed by atoms with van der Waals surface area (Å²) in [7, 11) is 3.99. The Morgan fingerprint density at radius 2 is 2.15 bits per heavy atom. The zero-order valence-electron chi connectivity index (χ0n) is 12.2. The maximum atomic E-state index is 6.24. The highest BCUT2D eigenvalue weighted by Crippen LogP contribution is 2.27. The van der Waals surface area contributed by atoms with Crippen molar-refractivity contribution in [2.75, 3.05) is 17.7 Å². The molecule has 2 rings (SSSR count). The predicted molar refractivity (Wildman–Crippen MR) is 87.9 cm³/mol. The molecule has 0 saturated heterocycles.